The third-order valence-corrected chi connectivity index (χ3v) is 5.33. The van der Waals surface area contributed by atoms with Crippen LogP contribution in [0.5, 0.6) is 0 Å². The maximum atomic E-state index is 13.6. The Bertz CT molecular complexity index is 883. The summed E-state index contributed by atoms with van der Waals surface area (Å²) in [6, 6.07) is 11.0. The molecule has 25 heavy (non-hydrogen) atoms. The topological polar surface area (TPSA) is 75.4 Å². The standard InChI is InChI=1S/C17H20FN3O2S2/c1-11-4-7-14(10-16(11)18)20-17(24)21(3)12(2)13-5-8-15(9-6-13)25(19,22)23/h4-10,12H,1-3H3,(H,20,24)(H2,19,22,23)/t12-/m1/s1. The molecular weight excluding hydrogens is 361 g/mol. The van der Waals surface area contributed by atoms with Gasteiger partial charge in [-0.2, -0.15) is 0 Å². The first-order valence-electron chi connectivity index (χ1n) is 7.52. The van der Waals surface area contributed by atoms with Crippen LogP contribution >= 0.6 is 12.2 Å². The van der Waals surface area contributed by atoms with Crippen LogP contribution in [0.1, 0.15) is 24.1 Å². The van der Waals surface area contributed by atoms with Gasteiger partial charge in [0.2, 0.25) is 10.0 Å². The van der Waals surface area contributed by atoms with Crippen molar-refractivity contribution < 1.29 is 12.8 Å². The molecule has 0 heterocycles. The summed E-state index contributed by atoms with van der Waals surface area (Å²) >= 11 is 5.37. The van der Waals surface area contributed by atoms with Crippen molar-refractivity contribution in [3.8, 4) is 0 Å². The Labute approximate surface area is 152 Å². The smallest absolute Gasteiger partial charge is 0.238 e. The zero-order chi connectivity index (χ0) is 18.8. The van der Waals surface area contributed by atoms with E-state index in [2.05, 4.69) is 5.32 Å². The molecule has 0 spiro atoms. The van der Waals surface area contributed by atoms with Gasteiger partial charge in [-0.1, -0.05) is 18.2 Å². The van der Waals surface area contributed by atoms with Gasteiger partial charge in [-0.15, -0.1) is 0 Å². The second-order valence-electron chi connectivity index (χ2n) is 5.80. The Morgan fingerprint density at radius 1 is 1.24 bits per heavy atom. The first kappa shape index (κ1) is 19.3. The molecule has 2 aromatic carbocycles. The molecule has 0 bridgehead atoms. The van der Waals surface area contributed by atoms with Crippen molar-refractivity contribution in [1.29, 1.82) is 0 Å². The second-order valence-corrected chi connectivity index (χ2v) is 7.74. The molecule has 2 rings (SSSR count). The molecule has 0 aliphatic heterocycles. The summed E-state index contributed by atoms with van der Waals surface area (Å²) in [4.78, 5) is 1.86. The number of anilines is 1. The predicted molar refractivity (Wildman–Crippen MR) is 101 cm³/mol. The van der Waals surface area contributed by atoms with Gasteiger partial charge in [0.1, 0.15) is 5.82 Å². The molecule has 8 heteroatoms. The molecule has 2 aromatic rings. The van der Waals surface area contributed by atoms with Gasteiger partial charge in [-0.3, -0.25) is 0 Å². The van der Waals surface area contributed by atoms with E-state index in [0.29, 0.717) is 16.4 Å². The Morgan fingerprint density at radius 3 is 2.36 bits per heavy atom. The highest BCUT2D eigenvalue weighted by molar-refractivity contribution is 7.89. The van der Waals surface area contributed by atoms with Gasteiger partial charge in [-0.05, 0) is 61.5 Å². The van der Waals surface area contributed by atoms with Crippen LogP contribution in [0.15, 0.2) is 47.4 Å². The molecule has 134 valence electrons. The van der Waals surface area contributed by atoms with Crippen molar-refractivity contribution in [3.63, 3.8) is 0 Å². The summed E-state index contributed by atoms with van der Waals surface area (Å²) in [6.07, 6.45) is 0. The molecule has 0 saturated heterocycles. The molecule has 1 atom stereocenters. The number of thiocarbonyl (C=S) groups is 1. The van der Waals surface area contributed by atoms with E-state index in [0.717, 1.165) is 5.56 Å². The van der Waals surface area contributed by atoms with E-state index in [1.54, 1.807) is 43.1 Å². The van der Waals surface area contributed by atoms with Crippen LogP contribution in [-0.2, 0) is 10.0 Å². The molecule has 0 amide bonds. The molecule has 0 saturated carbocycles. The highest BCUT2D eigenvalue weighted by atomic mass is 32.2. The summed E-state index contributed by atoms with van der Waals surface area (Å²) in [5, 5.41) is 8.52. The zero-order valence-electron chi connectivity index (χ0n) is 14.2. The number of nitrogens with zero attached hydrogens (tertiary/aromatic N) is 1. The lowest BCUT2D eigenvalue weighted by Gasteiger charge is -2.28. The molecule has 5 nitrogen and oxygen atoms in total. The van der Waals surface area contributed by atoms with Crippen LogP contribution in [0, 0.1) is 12.7 Å². The fourth-order valence-corrected chi connectivity index (χ4v) is 3.01. The number of aryl methyl sites for hydroxylation is 1. The zero-order valence-corrected chi connectivity index (χ0v) is 15.8. The number of nitrogens with one attached hydrogen (secondary N) is 1. The number of benzene rings is 2. The van der Waals surface area contributed by atoms with Gasteiger partial charge in [-0.25, -0.2) is 17.9 Å². The maximum absolute atomic E-state index is 13.6. The summed E-state index contributed by atoms with van der Waals surface area (Å²) in [7, 11) is -1.91. The first-order chi connectivity index (χ1) is 11.6. The Kier molecular flexibility index (Phi) is 5.76. The highest BCUT2D eigenvalue weighted by Gasteiger charge is 2.16. The normalized spacial score (nSPS) is 12.5. The lowest BCUT2D eigenvalue weighted by Crippen LogP contribution is -2.33. The van der Waals surface area contributed by atoms with E-state index in [9.17, 15) is 12.8 Å². The van der Waals surface area contributed by atoms with Crippen LogP contribution in [0.25, 0.3) is 0 Å². The molecule has 0 radical (unpaired) electrons. The number of hydrogen-bond acceptors (Lipinski definition) is 3. The van der Waals surface area contributed by atoms with E-state index >= 15 is 0 Å². The van der Waals surface area contributed by atoms with Crippen LogP contribution in [0.4, 0.5) is 10.1 Å². The van der Waals surface area contributed by atoms with Gasteiger partial charge in [0.15, 0.2) is 5.11 Å². The largest absolute Gasteiger partial charge is 0.345 e. The molecule has 0 aromatic heterocycles. The number of halogens is 1. The minimum absolute atomic E-state index is 0.0573. The maximum Gasteiger partial charge on any atom is 0.238 e. The van der Waals surface area contributed by atoms with Gasteiger partial charge in [0.25, 0.3) is 0 Å². The quantitative estimate of drug-likeness (QED) is 0.796. The number of hydrogen-bond donors (Lipinski definition) is 2. The van der Waals surface area contributed by atoms with Crippen LogP contribution < -0.4 is 10.5 Å². The minimum Gasteiger partial charge on any atom is -0.345 e. The average Bonchev–Trinajstić information content (AvgIpc) is 2.56. The fraction of sp³-hybridized carbons (Fsp3) is 0.235. The average molecular weight is 381 g/mol. The van der Waals surface area contributed by atoms with Crippen molar-refractivity contribution in [2.24, 2.45) is 5.14 Å². The first-order valence-corrected chi connectivity index (χ1v) is 9.48. The van der Waals surface area contributed by atoms with Crippen molar-refractivity contribution in [3.05, 3.63) is 59.4 Å². The SMILES string of the molecule is Cc1ccc(NC(=S)N(C)[C@H](C)c2ccc(S(N)(=O)=O)cc2)cc1F. The van der Waals surface area contributed by atoms with Crippen LogP contribution in [-0.4, -0.2) is 25.5 Å². The van der Waals surface area contributed by atoms with Gasteiger partial charge in [0.05, 0.1) is 10.9 Å². The molecule has 3 N–H and O–H groups in total. The second kappa shape index (κ2) is 7.47. The van der Waals surface area contributed by atoms with E-state index in [1.165, 1.54) is 18.2 Å². The lowest BCUT2D eigenvalue weighted by molar-refractivity contribution is 0.408. The molecule has 0 unspecified atom stereocenters. The van der Waals surface area contributed by atoms with E-state index in [4.69, 9.17) is 17.4 Å². The number of sulfonamides is 1. The van der Waals surface area contributed by atoms with Crippen LogP contribution in [0.2, 0.25) is 0 Å². The van der Waals surface area contributed by atoms with Crippen molar-refractivity contribution in [2.75, 3.05) is 12.4 Å². The highest BCUT2D eigenvalue weighted by Crippen LogP contribution is 2.22. The fourth-order valence-electron chi connectivity index (χ4n) is 2.22. The number of primary sulfonamides is 1. The van der Waals surface area contributed by atoms with Gasteiger partial charge in [0, 0.05) is 12.7 Å². The summed E-state index contributed by atoms with van der Waals surface area (Å²) < 4.78 is 36.3. The Hall–Kier alpha value is -2.03. The molecule has 0 aliphatic carbocycles. The van der Waals surface area contributed by atoms with E-state index in [-0.39, 0.29) is 16.8 Å². The number of nitrogens with two attached hydrogens (primary N) is 1. The van der Waals surface area contributed by atoms with Crippen LogP contribution in [0.3, 0.4) is 0 Å². The monoisotopic (exact) mass is 381 g/mol. The summed E-state index contributed by atoms with van der Waals surface area (Å²) in [5.74, 6) is -0.304. The number of rotatable bonds is 4. The third kappa shape index (κ3) is 4.75. The van der Waals surface area contributed by atoms with E-state index < -0.39 is 10.0 Å². The van der Waals surface area contributed by atoms with Gasteiger partial charge >= 0.3 is 0 Å². The molecule has 0 aliphatic rings. The van der Waals surface area contributed by atoms with Crippen molar-refractivity contribution in [1.82, 2.24) is 4.90 Å². The molecule has 0 fully saturated rings. The Balaban J connectivity index is 2.11. The Morgan fingerprint density at radius 2 is 1.84 bits per heavy atom. The summed E-state index contributed by atoms with van der Waals surface area (Å²) in [5.41, 5.74) is 2.00. The lowest BCUT2D eigenvalue weighted by atomic mass is 10.1. The molecular formula is C17H20FN3O2S2. The van der Waals surface area contributed by atoms with Crippen molar-refractivity contribution in [2.45, 2.75) is 24.8 Å². The van der Waals surface area contributed by atoms with E-state index in [1.807, 2.05) is 6.92 Å². The third-order valence-electron chi connectivity index (χ3n) is 4.02. The summed E-state index contributed by atoms with van der Waals surface area (Å²) in [6.45, 7) is 3.62. The minimum atomic E-state index is -3.72. The predicted octanol–water partition coefficient (Wildman–Crippen LogP) is 3.17. The van der Waals surface area contributed by atoms with Gasteiger partial charge < -0.3 is 10.2 Å². The van der Waals surface area contributed by atoms with Crippen molar-refractivity contribution >= 4 is 33.0 Å².